The zero-order valence-corrected chi connectivity index (χ0v) is 12.7. The number of nitro benzene ring substituents is 1. The molecule has 10 heteroatoms. The molecule has 0 bridgehead atoms. The number of nitrogens with one attached hydrogen (secondary N) is 1. The van der Waals surface area contributed by atoms with Gasteiger partial charge in [-0.05, 0) is 6.07 Å². The molecular weight excluding hydrogens is 322 g/mol. The first-order valence-electron chi connectivity index (χ1n) is 6.85. The van der Waals surface area contributed by atoms with Crippen molar-refractivity contribution in [2.75, 3.05) is 32.1 Å². The van der Waals surface area contributed by atoms with Gasteiger partial charge in [-0.1, -0.05) is 0 Å². The summed E-state index contributed by atoms with van der Waals surface area (Å²) >= 11 is 0. The second-order valence-electron chi connectivity index (χ2n) is 4.88. The molecule has 3 N–H and O–H groups in total. The van der Waals surface area contributed by atoms with E-state index < -0.39 is 22.5 Å². The van der Waals surface area contributed by atoms with Crippen LogP contribution in [0.15, 0.2) is 29.5 Å². The maximum atomic E-state index is 12.3. The molecule has 2 rings (SSSR count). The van der Waals surface area contributed by atoms with Crippen molar-refractivity contribution in [2.24, 2.45) is 0 Å². The number of benzene rings is 1. The number of carbonyl (C=O) groups excluding carboxylic acids is 2. The van der Waals surface area contributed by atoms with Gasteiger partial charge in [0.05, 0.1) is 42.5 Å². The predicted molar refractivity (Wildman–Crippen MR) is 81.1 cm³/mol. The van der Waals surface area contributed by atoms with Gasteiger partial charge in [-0.15, -0.1) is 0 Å². The number of aromatic hydroxyl groups is 1. The van der Waals surface area contributed by atoms with Crippen molar-refractivity contribution in [3.8, 4) is 5.75 Å². The average Bonchev–Trinajstić information content (AvgIpc) is 2.85. The van der Waals surface area contributed by atoms with E-state index in [0.717, 1.165) is 19.2 Å². The maximum absolute atomic E-state index is 12.3. The highest BCUT2D eigenvalue weighted by Gasteiger charge is 2.34. The van der Waals surface area contributed by atoms with E-state index >= 15 is 0 Å². The molecule has 0 fully saturated rings. The summed E-state index contributed by atoms with van der Waals surface area (Å²) in [6, 6.07) is 3.29. The SMILES string of the molecule is COC(=O)C1=C(Nc2ccc([N+](=O)[O-])cc2O)C(=O)N(CCO)C1. The first-order valence-corrected chi connectivity index (χ1v) is 6.85. The zero-order valence-electron chi connectivity index (χ0n) is 12.7. The number of esters is 1. The Balaban J connectivity index is 2.35. The molecule has 24 heavy (non-hydrogen) atoms. The van der Waals surface area contributed by atoms with E-state index in [1.807, 2.05) is 0 Å². The molecule has 10 nitrogen and oxygen atoms in total. The number of hydrogen-bond donors (Lipinski definition) is 3. The van der Waals surface area contributed by atoms with Crippen LogP contribution in [0.5, 0.6) is 5.75 Å². The van der Waals surface area contributed by atoms with Crippen LogP contribution in [-0.2, 0) is 14.3 Å². The number of non-ortho nitro benzene ring substituents is 1. The predicted octanol–water partition coefficient (Wildman–Crippen LogP) is -0.0261. The Labute approximate surface area is 136 Å². The van der Waals surface area contributed by atoms with Crippen molar-refractivity contribution in [3.63, 3.8) is 0 Å². The highest BCUT2D eigenvalue weighted by molar-refractivity contribution is 6.08. The minimum atomic E-state index is -0.729. The van der Waals surface area contributed by atoms with Crippen LogP contribution in [0.25, 0.3) is 0 Å². The number of phenolic OH excluding ortho intramolecular Hbond substituents is 1. The molecule has 0 atom stereocenters. The van der Waals surface area contributed by atoms with Crippen LogP contribution in [-0.4, -0.2) is 58.7 Å². The zero-order chi connectivity index (χ0) is 17.9. The highest BCUT2D eigenvalue weighted by Crippen LogP contribution is 2.31. The molecule has 1 aromatic rings. The highest BCUT2D eigenvalue weighted by atomic mass is 16.6. The number of rotatable bonds is 6. The van der Waals surface area contributed by atoms with Crippen LogP contribution in [0.4, 0.5) is 11.4 Å². The lowest BCUT2D eigenvalue weighted by Crippen LogP contribution is -2.31. The molecule has 0 spiro atoms. The molecule has 0 radical (unpaired) electrons. The lowest BCUT2D eigenvalue weighted by atomic mass is 10.2. The number of hydrogen-bond acceptors (Lipinski definition) is 8. The van der Waals surface area contributed by atoms with Crippen molar-refractivity contribution in [1.82, 2.24) is 4.90 Å². The third kappa shape index (κ3) is 3.27. The Morgan fingerprint density at radius 3 is 2.75 bits per heavy atom. The number of carbonyl (C=O) groups is 2. The molecule has 0 unspecified atom stereocenters. The number of β-amino-alcohol motifs (C(OH)–C–C–N with tert-alkyl or cyclic N) is 1. The molecule has 0 saturated heterocycles. The first-order chi connectivity index (χ1) is 11.4. The molecule has 1 aliphatic rings. The molecular formula is C14H15N3O7. The van der Waals surface area contributed by atoms with Crippen LogP contribution in [0, 0.1) is 10.1 Å². The lowest BCUT2D eigenvalue weighted by molar-refractivity contribution is -0.384. The summed E-state index contributed by atoms with van der Waals surface area (Å²) in [5.41, 5.74) is -0.371. The lowest BCUT2D eigenvalue weighted by Gasteiger charge is -2.15. The summed E-state index contributed by atoms with van der Waals surface area (Å²) in [5, 5.41) is 32.1. The topological polar surface area (TPSA) is 142 Å². The van der Waals surface area contributed by atoms with Crippen molar-refractivity contribution >= 4 is 23.3 Å². The Morgan fingerprint density at radius 1 is 1.50 bits per heavy atom. The Kier molecular flexibility index (Phi) is 4.99. The fraction of sp³-hybridized carbons (Fsp3) is 0.286. The van der Waals surface area contributed by atoms with Crippen molar-refractivity contribution in [2.45, 2.75) is 0 Å². The second-order valence-corrected chi connectivity index (χ2v) is 4.88. The number of anilines is 1. The van der Waals surface area contributed by atoms with Gasteiger partial charge in [0.2, 0.25) is 0 Å². The number of aliphatic hydroxyl groups excluding tert-OH is 1. The minimum Gasteiger partial charge on any atom is -0.506 e. The standard InChI is InChI=1S/C14H15N3O7/c1-24-14(21)9-7-16(4-5-18)13(20)12(9)15-10-3-2-8(17(22)23)6-11(10)19/h2-3,6,15,18-19H,4-5,7H2,1H3. The van der Waals surface area contributed by atoms with Gasteiger partial charge in [-0.3, -0.25) is 14.9 Å². The quantitative estimate of drug-likeness (QED) is 0.284. The number of nitro groups is 1. The van der Waals surface area contributed by atoms with E-state index in [4.69, 9.17) is 5.11 Å². The summed E-state index contributed by atoms with van der Waals surface area (Å²) in [6.07, 6.45) is 0. The van der Waals surface area contributed by atoms with E-state index in [1.54, 1.807) is 0 Å². The van der Waals surface area contributed by atoms with Gasteiger partial charge >= 0.3 is 5.97 Å². The third-order valence-electron chi connectivity index (χ3n) is 3.41. The summed E-state index contributed by atoms with van der Waals surface area (Å²) < 4.78 is 4.63. The smallest absolute Gasteiger partial charge is 0.337 e. The molecule has 0 aliphatic carbocycles. The summed E-state index contributed by atoms with van der Waals surface area (Å²) in [5.74, 6) is -1.73. The number of nitrogens with zero attached hydrogens (tertiary/aromatic N) is 2. The van der Waals surface area contributed by atoms with E-state index in [-0.39, 0.29) is 42.3 Å². The Hall–Kier alpha value is -3.14. The van der Waals surface area contributed by atoms with Gasteiger partial charge in [-0.2, -0.15) is 0 Å². The average molecular weight is 337 g/mol. The van der Waals surface area contributed by atoms with Crippen LogP contribution >= 0.6 is 0 Å². The van der Waals surface area contributed by atoms with Crippen molar-refractivity contribution in [3.05, 3.63) is 39.6 Å². The van der Waals surface area contributed by atoms with Gasteiger partial charge in [0.15, 0.2) is 0 Å². The number of aliphatic hydroxyl groups is 1. The molecule has 0 saturated carbocycles. The summed E-state index contributed by atoms with van der Waals surface area (Å²) in [6.45, 7) is -0.310. The van der Waals surface area contributed by atoms with E-state index in [1.165, 1.54) is 11.0 Å². The van der Waals surface area contributed by atoms with Crippen LogP contribution in [0.1, 0.15) is 0 Å². The Bertz CT molecular complexity index is 729. The molecule has 1 amide bonds. The van der Waals surface area contributed by atoms with Gasteiger partial charge in [0, 0.05) is 12.6 Å². The van der Waals surface area contributed by atoms with Crippen LogP contribution in [0.3, 0.4) is 0 Å². The first kappa shape index (κ1) is 17.2. The molecule has 128 valence electrons. The summed E-state index contributed by atoms with van der Waals surface area (Å²) in [4.78, 5) is 35.4. The van der Waals surface area contributed by atoms with Gasteiger partial charge in [0.1, 0.15) is 11.4 Å². The third-order valence-corrected chi connectivity index (χ3v) is 3.41. The molecule has 1 aromatic carbocycles. The number of phenols is 1. The van der Waals surface area contributed by atoms with Crippen molar-refractivity contribution < 1.29 is 29.5 Å². The summed E-state index contributed by atoms with van der Waals surface area (Å²) in [7, 11) is 1.16. The van der Waals surface area contributed by atoms with Gasteiger partial charge in [0.25, 0.3) is 11.6 Å². The molecule has 1 heterocycles. The van der Waals surface area contributed by atoms with E-state index in [9.17, 15) is 24.8 Å². The number of amides is 1. The second kappa shape index (κ2) is 6.96. The molecule has 0 aromatic heterocycles. The van der Waals surface area contributed by atoms with Crippen molar-refractivity contribution in [1.29, 1.82) is 0 Å². The van der Waals surface area contributed by atoms with E-state index in [0.29, 0.717) is 0 Å². The number of ether oxygens (including phenoxy) is 1. The minimum absolute atomic E-state index is 0.0243. The van der Waals surface area contributed by atoms with E-state index in [2.05, 4.69) is 10.1 Å². The fourth-order valence-electron chi connectivity index (χ4n) is 2.22. The van der Waals surface area contributed by atoms with Crippen LogP contribution < -0.4 is 5.32 Å². The van der Waals surface area contributed by atoms with Gasteiger partial charge < -0.3 is 25.2 Å². The van der Waals surface area contributed by atoms with Gasteiger partial charge in [-0.25, -0.2) is 4.79 Å². The normalized spacial score (nSPS) is 14.1. The fourth-order valence-corrected chi connectivity index (χ4v) is 2.22. The monoisotopic (exact) mass is 337 g/mol. The maximum Gasteiger partial charge on any atom is 0.337 e. The molecule has 1 aliphatic heterocycles. The largest absolute Gasteiger partial charge is 0.506 e. The van der Waals surface area contributed by atoms with Crippen LogP contribution in [0.2, 0.25) is 0 Å². The number of methoxy groups -OCH3 is 1. The Morgan fingerprint density at radius 2 is 2.21 bits per heavy atom.